The predicted octanol–water partition coefficient (Wildman–Crippen LogP) is 7.46. The quantitative estimate of drug-likeness (QED) is 0.151. The van der Waals surface area contributed by atoms with Gasteiger partial charge in [0.25, 0.3) is 5.69 Å². The normalized spacial score (nSPS) is 12.3. The predicted molar refractivity (Wildman–Crippen MR) is 150 cm³/mol. The summed E-state index contributed by atoms with van der Waals surface area (Å²) in [6, 6.07) is 28.3. The number of non-ortho nitro benzene ring substituents is 1. The fourth-order valence-corrected chi connectivity index (χ4v) is 4.98. The van der Waals surface area contributed by atoms with Gasteiger partial charge in [-0.1, -0.05) is 72.8 Å². The second-order valence-corrected chi connectivity index (χ2v) is 9.80. The molecule has 1 unspecified atom stereocenters. The Balaban J connectivity index is 1.58. The van der Waals surface area contributed by atoms with Gasteiger partial charge >= 0.3 is 6.18 Å². The lowest BCUT2D eigenvalue weighted by Gasteiger charge is -2.18. The molecule has 0 spiro atoms. The summed E-state index contributed by atoms with van der Waals surface area (Å²) in [5.41, 5.74) is 2.83. The number of rotatable bonds is 9. The molecule has 41 heavy (non-hydrogen) atoms. The maximum atomic E-state index is 13.3. The standard InChI is InChI=1S/C32H26F3N3O3/c33-32(34,35)25-13-11-24(12-14-25)27(18-31(39)36-19-22-7-3-1-4-8-22)29-21-37(20-23-9-5-2-6-10-23)30-16-15-26(38(40)41)17-28(29)30/h1-17,21,27H,18-20H2,(H,36,39). The minimum Gasteiger partial charge on any atom is -0.352 e. The molecule has 5 aromatic rings. The molecule has 0 fully saturated rings. The van der Waals surface area contributed by atoms with E-state index in [1.165, 1.54) is 24.3 Å². The Morgan fingerprint density at radius 3 is 2.12 bits per heavy atom. The molecule has 1 amide bonds. The molecule has 0 aliphatic heterocycles. The number of carbonyl (C=O) groups excluding carboxylic acids is 1. The zero-order valence-electron chi connectivity index (χ0n) is 21.8. The molecule has 0 aliphatic rings. The van der Waals surface area contributed by atoms with Crippen LogP contribution in [-0.4, -0.2) is 15.4 Å². The number of halogens is 3. The van der Waals surface area contributed by atoms with Crippen molar-refractivity contribution in [3.8, 4) is 0 Å². The zero-order chi connectivity index (χ0) is 29.0. The molecule has 6 nitrogen and oxygen atoms in total. The number of nitrogens with one attached hydrogen (secondary N) is 1. The van der Waals surface area contributed by atoms with E-state index in [0.29, 0.717) is 29.6 Å². The van der Waals surface area contributed by atoms with Crippen molar-refractivity contribution in [2.75, 3.05) is 0 Å². The van der Waals surface area contributed by atoms with Crippen molar-refractivity contribution in [1.82, 2.24) is 9.88 Å². The van der Waals surface area contributed by atoms with Crippen LogP contribution >= 0.6 is 0 Å². The van der Waals surface area contributed by atoms with Crippen LogP contribution in [0.4, 0.5) is 18.9 Å². The number of carbonyl (C=O) groups is 1. The van der Waals surface area contributed by atoms with Crippen LogP contribution in [0.3, 0.4) is 0 Å². The summed E-state index contributed by atoms with van der Waals surface area (Å²) in [4.78, 5) is 24.4. The zero-order valence-corrected chi connectivity index (χ0v) is 21.8. The van der Waals surface area contributed by atoms with Crippen molar-refractivity contribution < 1.29 is 22.9 Å². The fourth-order valence-electron chi connectivity index (χ4n) is 4.98. The Morgan fingerprint density at radius 2 is 1.51 bits per heavy atom. The molecule has 5 rings (SSSR count). The van der Waals surface area contributed by atoms with E-state index in [-0.39, 0.29) is 18.0 Å². The third-order valence-electron chi connectivity index (χ3n) is 7.04. The highest BCUT2D eigenvalue weighted by molar-refractivity contribution is 5.88. The van der Waals surface area contributed by atoms with Crippen LogP contribution < -0.4 is 5.32 Å². The van der Waals surface area contributed by atoms with E-state index < -0.39 is 22.6 Å². The summed E-state index contributed by atoms with van der Waals surface area (Å²) in [5, 5.41) is 15.1. The number of hydrogen-bond acceptors (Lipinski definition) is 3. The number of nitro groups is 1. The molecule has 1 atom stereocenters. The average Bonchev–Trinajstić information content (AvgIpc) is 3.32. The van der Waals surface area contributed by atoms with Gasteiger partial charge in [-0.25, -0.2) is 0 Å². The molecule has 208 valence electrons. The van der Waals surface area contributed by atoms with E-state index in [9.17, 15) is 28.1 Å². The van der Waals surface area contributed by atoms with Crippen LogP contribution in [0.25, 0.3) is 10.9 Å². The van der Waals surface area contributed by atoms with Crippen LogP contribution in [0.1, 0.15) is 40.2 Å². The molecular weight excluding hydrogens is 531 g/mol. The first-order valence-electron chi connectivity index (χ1n) is 13.0. The number of nitro benzene ring substituents is 1. The van der Waals surface area contributed by atoms with Gasteiger partial charge in [0.1, 0.15) is 0 Å². The third-order valence-corrected chi connectivity index (χ3v) is 7.04. The Morgan fingerprint density at radius 1 is 0.878 bits per heavy atom. The molecular formula is C32H26F3N3O3. The number of aromatic nitrogens is 1. The van der Waals surface area contributed by atoms with E-state index in [1.807, 2.05) is 71.4 Å². The SMILES string of the molecule is O=C(CC(c1ccc(C(F)(F)F)cc1)c1cn(Cc2ccccc2)c2ccc([N+](=O)[O-])cc12)NCc1ccccc1. The number of amides is 1. The van der Waals surface area contributed by atoms with Crippen molar-refractivity contribution in [2.24, 2.45) is 0 Å². The van der Waals surface area contributed by atoms with Gasteiger partial charge in [0.2, 0.25) is 5.91 Å². The molecule has 0 bridgehead atoms. The van der Waals surface area contributed by atoms with Crippen molar-refractivity contribution in [1.29, 1.82) is 0 Å². The molecule has 1 aromatic heterocycles. The number of benzene rings is 4. The average molecular weight is 558 g/mol. The van der Waals surface area contributed by atoms with E-state index in [2.05, 4.69) is 5.32 Å². The fraction of sp³-hybridized carbons (Fsp3) is 0.156. The van der Waals surface area contributed by atoms with Crippen LogP contribution in [0.15, 0.2) is 109 Å². The molecule has 9 heteroatoms. The maximum absolute atomic E-state index is 13.3. The highest BCUT2D eigenvalue weighted by Crippen LogP contribution is 2.38. The first kappa shape index (κ1) is 27.6. The van der Waals surface area contributed by atoms with Gasteiger partial charge in [-0.3, -0.25) is 14.9 Å². The molecule has 0 saturated heterocycles. The van der Waals surface area contributed by atoms with Crippen molar-refractivity contribution >= 4 is 22.5 Å². The summed E-state index contributed by atoms with van der Waals surface area (Å²) in [6.45, 7) is 0.760. The first-order valence-corrected chi connectivity index (χ1v) is 13.0. The van der Waals surface area contributed by atoms with Gasteiger partial charge in [-0.15, -0.1) is 0 Å². The van der Waals surface area contributed by atoms with E-state index in [4.69, 9.17) is 0 Å². The number of nitrogens with zero attached hydrogens (tertiary/aromatic N) is 2. The minimum atomic E-state index is -4.51. The maximum Gasteiger partial charge on any atom is 0.416 e. The molecule has 1 heterocycles. The topological polar surface area (TPSA) is 77.2 Å². The van der Waals surface area contributed by atoms with Crippen LogP contribution in [0.2, 0.25) is 0 Å². The second kappa shape index (κ2) is 11.7. The molecule has 0 saturated carbocycles. The Hall–Kier alpha value is -4.92. The lowest BCUT2D eigenvalue weighted by molar-refractivity contribution is -0.384. The van der Waals surface area contributed by atoms with Gasteiger partial charge in [0, 0.05) is 54.7 Å². The third kappa shape index (κ3) is 6.46. The smallest absolute Gasteiger partial charge is 0.352 e. The first-order chi connectivity index (χ1) is 19.7. The monoisotopic (exact) mass is 557 g/mol. The highest BCUT2D eigenvalue weighted by Gasteiger charge is 2.31. The number of alkyl halides is 3. The lowest BCUT2D eigenvalue weighted by atomic mass is 9.87. The number of fused-ring (bicyclic) bond motifs is 1. The summed E-state index contributed by atoms with van der Waals surface area (Å²) in [6.07, 6.45) is -2.73. The summed E-state index contributed by atoms with van der Waals surface area (Å²) in [7, 11) is 0. The van der Waals surface area contributed by atoms with E-state index in [1.54, 1.807) is 6.07 Å². The number of hydrogen-bond donors (Lipinski definition) is 1. The van der Waals surface area contributed by atoms with Gasteiger partial charge in [-0.2, -0.15) is 13.2 Å². The van der Waals surface area contributed by atoms with E-state index in [0.717, 1.165) is 28.8 Å². The van der Waals surface area contributed by atoms with E-state index >= 15 is 0 Å². The second-order valence-electron chi connectivity index (χ2n) is 9.80. The Bertz CT molecular complexity index is 1670. The molecule has 4 aromatic carbocycles. The highest BCUT2D eigenvalue weighted by atomic mass is 19.4. The van der Waals surface area contributed by atoms with Crippen LogP contribution in [-0.2, 0) is 24.1 Å². The van der Waals surface area contributed by atoms with Gasteiger partial charge in [0.05, 0.1) is 10.5 Å². The van der Waals surface area contributed by atoms with Gasteiger partial charge in [-0.05, 0) is 40.5 Å². The van der Waals surface area contributed by atoms with Crippen molar-refractivity contribution in [2.45, 2.75) is 31.6 Å². The summed E-state index contributed by atoms with van der Waals surface area (Å²) >= 11 is 0. The molecule has 0 aliphatic carbocycles. The van der Waals surface area contributed by atoms with Crippen LogP contribution in [0.5, 0.6) is 0 Å². The summed E-state index contributed by atoms with van der Waals surface area (Å²) in [5.74, 6) is -0.956. The molecule has 0 radical (unpaired) electrons. The van der Waals surface area contributed by atoms with Gasteiger partial charge in [0.15, 0.2) is 0 Å². The molecule has 1 N–H and O–H groups in total. The van der Waals surface area contributed by atoms with Gasteiger partial charge < -0.3 is 9.88 Å². The largest absolute Gasteiger partial charge is 0.416 e. The lowest BCUT2D eigenvalue weighted by Crippen LogP contribution is -2.25. The summed E-state index contributed by atoms with van der Waals surface area (Å²) < 4.78 is 41.9. The van der Waals surface area contributed by atoms with Crippen LogP contribution in [0, 0.1) is 10.1 Å². The minimum absolute atomic E-state index is 0.0641. The van der Waals surface area contributed by atoms with Crippen molar-refractivity contribution in [3.63, 3.8) is 0 Å². The Labute approximate surface area is 234 Å². The van der Waals surface area contributed by atoms with Crippen molar-refractivity contribution in [3.05, 3.63) is 147 Å². The Kier molecular flexibility index (Phi) is 7.87.